The van der Waals surface area contributed by atoms with Crippen molar-refractivity contribution < 1.29 is 0 Å². The molecule has 0 amide bonds. The number of nitrogens with zero attached hydrogens (tertiary/aromatic N) is 2. The zero-order chi connectivity index (χ0) is 13.1. The molecule has 0 atom stereocenters. The summed E-state index contributed by atoms with van der Waals surface area (Å²) in [6.07, 6.45) is 0. The highest BCUT2D eigenvalue weighted by atomic mass is 15.1. The van der Waals surface area contributed by atoms with Gasteiger partial charge in [0.15, 0.2) is 0 Å². The van der Waals surface area contributed by atoms with Crippen LogP contribution in [0.5, 0.6) is 0 Å². The molecule has 2 rings (SSSR count). The van der Waals surface area contributed by atoms with Crippen molar-refractivity contribution in [3.05, 3.63) is 48.5 Å². The molecule has 18 heavy (non-hydrogen) atoms. The average molecular weight is 239 g/mol. The second-order valence-corrected chi connectivity index (χ2v) is 4.74. The van der Waals surface area contributed by atoms with Gasteiger partial charge in [0, 0.05) is 50.7 Å². The van der Waals surface area contributed by atoms with Crippen molar-refractivity contribution >= 4 is 11.4 Å². The molecule has 0 N–H and O–H groups in total. The Morgan fingerprint density at radius 1 is 0.778 bits per heavy atom. The maximum Gasteiger partial charge on any atom is 0.0447 e. The quantitative estimate of drug-likeness (QED) is 0.811. The molecular formula is C16H19N2. The number of hydrogen-bond donors (Lipinski definition) is 0. The molecule has 0 saturated carbocycles. The zero-order valence-electron chi connectivity index (χ0n) is 11.4. The van der Waals surface area contributed by atoms with Crippen LogP contribution >= 0.6 is 0 Å². The van der Waals surface area contributed by atoms with E-state index < -0.39 is 0 Å². The molecule has 1 radical (unpaired) electrons. The molecule has 2 heteroatoms. The number of para-hydroxylation sites is 1. The summed E-state index contributed by atoms with van der Waals surface area (Å²) in [6.45, 7) is 0. The standard InChI is InChI=1S/C16H19N2/c1-17(2)15-11-7-5-9-13(15)14-10-6-8-12-16(14)18(3)4/h5-9,11-12H,1-4H3. The SMILES string of the molecule is CN(C)c1ccc[c]c1-c1ccccc1N(C)C. The van der Waals surface area contributed by atoms with E-state index in [2.05, 4.69) is 74.4 Å². The molecule has 93 valence electrons. The van der Waals surface area contributed by atoms with E-state index in [4.69, 9.17) is 0 Å². The summed E-state index contributed by atoms with van der Waals surface area (Å²) >= 11 is 0. The van der Waals surface area contributed by atoms with Gasteiger partial charge in [-0.3, -0.25) is 0 Å². The Kier molecular flexibility index (Phi) is 3.56. The van der Waals surface area contributed by atoms with Crippen molar-refractivity contribution in [2.45, 2.75) is 0 Å². The Balaban J connectivity index is 2.62. The minimum Gasteiger partial charge on any atom is -0.377 e. The van der Waals surface area contributed by atoms with Gasteiger partial charge in [0.2, 0.25) is 0 Å². The highest BCUT2D eigenvalue weighted by molar-refractivity contribution is 5.86. The number of hydrogen-bond acceptors (Lipinski definition) is 2. The molecule has 0 aliphatic heterocycles. The lowest BCUT2D eigenvalue weighted by atomic mass is 10.0. The topological polar surface area (TPSA) is 6.48 Å². The lowest BCUT2D eigenvalue weighted by Crippen LogP contribution is -2.12. The molecule has 0 spiro atoms. The molecule has 0 aromatic heterocycles. The predicted molar refractivity (Wildman–Crippen MR) is 79.4 cm³/mol. The van der Waals surface area contributed by atoms with Crippen molar-refractivity contribution in [1.82, 2.24) is 0 Å². The monoisotopic (exact) mass is 239 g/mol. The fourth-order valence-electron chi connectivity index (χ4n) is 2.09. The summed E-state index contributed by atoms with van der Waals surface area (Å²) in [5.74, 6) is 0. The Morgan fingerprint density at radius 2 is 1.39 bits per heavy atom. The van der Waals surface area contributed by atoms with Gasteiger partial charge >= 0.3 is 0 Å². The average Bonchev–Trinajstić information content (AvgIpc) is 2.38. The van der Waals surface area contributed by atoms with Gasteiger partial charge in [-0.05, 0) is 18.2 Å². The highest BCUT2D eigenvalue weighted by Gasteiger charge is 2.11. The van der Waals surface area contributed by atoms with Gasteiger partial charge < -0.3 is 9.80 Å². The first-order chi connectivity index (χ1) is 8.61. The molecule has 0 unspecified atom stereocenters. The van der Waals surface area contributed by atoms with E-state index in [0.717, 1.165) is 5.56 Å². The minimum atomic E-state index is 1.15. The molecule has 2 aromatic carbocycles. The minimum absolute atomic E-state index is 1.15. The van der Waals surface area contributed by atoms with E-state index in [1.165, 1.54) is 16.9 Å². The molecule has 0 saturated heterocycles. The lowest BCUT2D eigenvalue weighted by Gasteiger charge is -2.22. The van der Waals surface area contributed by atoms with Crippen LogP contribution in [0.15, 0.2) is 42.5 Å². The number of anilines is 2. The summed E-state index contributed by atoms with van der Waals surface area (Å²) < 4.78 is 0. The highest BCUT2D eigenvalue weighted by Crippen LogP contribution is 2.35. The molecule has 0 aliphatic rings. The van der Waals surface area contributed by atoms with Crippen LogP contribution < -0.4 is 9.80 Å². The smallest absolute Gasteiger partial charge is 0.0447 e. The Hall–Kier alpha value is -1.96. The van der Waals surface area contributed by atoms with E-state index in [9.17, 15) is 0 Å². The molecule has 2 aromatic rings. The third kappa shape index (κ3) is 2.33. The van der Waals surface area contributed by atoms with Crippen LogP contribution in [0.2, 0.25) is 0 Å². The molecular weight excluding hydrogens is 220 g/mol. The van der Waals surface area contributed by atoms with E-state index in [1.807, 2.05) is 12.1 Å². The van der Waals surface area contributed by atoms with E-state index in [-0.39, 0.29) is 0 Å². The molecule has 0 fully saturated rings. The summed E-state index contributed by atoms with van der Waals surface area (Å²) in [5.41, 5.74) is 4.76. The normalized spacial score (nSPS) is 10.2. The molecule has 0 heterocycles. The fourth-order valence-corrected chi connectivity index (χ4v) is 2.09. The van der Waals surface area contributed by atoms with Gasteiger partial charge in [-0.1, -0.05) is 30.3 Å². The Morgan fingerprint density at radius 3 is 2.06 bits per heavy atom. The third-order valence-electron chi connectivity index (χ3n) is 2.97. The second-order valence-electron chi connectivity index (χ2n) is 4.74. The van der Waals surface area contributed by atoms with Crippen molar-refractivity contribution in [2.24, 2.45) is 0 Å². The number of rotatable bonds is 3. The van der Waals surface area contributed by atoms with Crippen molar-refractivity contribution in [3.63, 3.8) is 0 Å². The van der Waals surface area contributed by atoms with E-state index >= 15 is 0 Å². The van der Waals surface area contributed by atoms with Gasteiger partial charge in [-0.25, -0.2) is 0 Å². The van der Waals surface area contributed by atoms with E-state index in [1.54, 1.807) is 0 Å². The van der Waals surface area contributed by atoms with Crippen molar-refractivity contribution in [1.29, 1.82) is 0 Å². The van der Waals surface area contributed by atoms with E-state index in [0.29, 0.717) is 0 Å². The summed E-state index contributed by atoms with van der Waals surface area (Å²) in [5, 5.41) is 0. The number of benzene rings is 2. The predicted octanol–water partition coefficient (Wildman–Crippen LogP) is 3.29. The van der Waals surface area contributed by atoms with Gasteiger partial charge in [-0.15, -0.1) is 0 Å². The summed E-state index contributed by atoms with van der Waals surface area (Å²) in [4.78, 5) is 4.26. The molecule has 2 nitrogen and oxygen atoms in total. The maximum atomic E-state index is 3.36. The largest absolute Gasteiger partial charge is 0.377 e. The first-order valence-electron chi connectivity index (χ1n) is 6.06. The van der Waals surface area contributed by atoms with Crippen LogP contribution in [-0.4, -0.2) is 28.2 Å². The first-order valence-corrected chi connectivity index (χ1v) is 6.06. The van der Waals surface area contributed by atoms with Crippen LogP contribution in [0.3, 0.4) is 0 Å². The van der Waals surface area contributed by atoms with Crippen LogP contribution in [0.1, 0.15) is 0 Å². The van der Waals surface area contributed by atoms with Crippen LogP contribution in [0.4, 0.5) is 11.4 Å². The lowest BCUT2D eigenvalue weighted by molar-refractivity contribution is 1.12. The van der Waals surface area contributed by atoms with Crippen molar-refractivity contribution in [2.75, 3.05) is 38.0 Å². The van der Waals surface area contributed by atoms with Crippen LogP contribution in [-0.2, 0) is 0 Å². The molecule has 0 aliphatic carbocycles. The Labute approximate surface area is 109 Å². The van der Waals surface area contributed by atoms with Crippen LogP contribution in [0, 0.1) is 6.07 Å². The molecule has 0 bridgehead atoms. The fraction of sp³-hybridized carbons (Fsp3) is 0.250. The maximum absolute atomic E-state index is 3.36. The van der Waals surface area contributed by atoms with Gasteiger partial charge in [0.25, 0.3) is 0 Å². The summed E-state index contributed by atoms with van der Waals surface area (Å²) in [6, 6.07) is 17.9. The van der Waals surface area contributed by atoms with Gasteiger partial charge in [0.1, 0.15) is 0 Å². The third-order valence-corrected chi connectivity index (χ3v) is 2.97. The zero-order valence-corrected chi connectivity index (χ0v) is 11.4. The van der Waals surface area contributed by atoms with Crippen molar-refractivity contribution in [3.8, 4) is 11.1 Å². The second kappa shape index (κ2) is 5.13. The summed E-state index contributed by atoms with van der Waals surface area (Å²) in [7, 11) is 8.25. The Bertz CT molecular complexity index is 481. The first kappa shape index (κ1) is 12.5. The van der Waals surface area contributed by atoms with Gasteiger partial charge in [-0.2, -0.15) is 0 Å². The van der Waals surface area contributed by atoms with Crippen LogP contribution in [0.25, 0.3) is 11.1 Å². The van der Waals surface area contributed by atoms with Gasteiger partial charge in [0.05, 0.1) is 0 Å².